The third kappa shape index (κ3) is 2.35. The first-order valence-corrected chi connectivity index (χ1v) is 8.29. The number of hydrogen-bond acceptors (Lipinski definition) is 7. The second kappa shape index (κ2) is 5.63. The summed E-state index contributed by atoms with van der Waals surface area (Å²) in [6, 6.07) is 8.47. The fourth-order valence-corrected chi connectivity index (χ4v) is 3.37. The highest BCUT2D eigenvalue weighted by Gasteiger charge is 2.34. The van der Waals surface area contributed by atoms with Gasteiger partial charge in [-0.3, -0.25) is 4.79 Å². The molecule has 1 atom stereocenters. The first-order chi connectivity index (χ1) is 13.1. The van der Waals surface area contributed by atoms with E-state index in [1.807, 2.05) is 12.1 Å². The predicted molar refractivity (Wildman–Crippen MR) is 93.9 cm³/mol. The van der Waals surface area contributed by atoms with E-state index in [9.17, 15) is 4.79 Å². The van der Waals surface area contributed by atoms with Gasteiger partial charge in [0.2, 0.25) is 24.5 Å². The number of ether oxygens (including phenoxy) is 2. The fraction of sp³-hybridized carbons (Fsp3) is 0.167. The molecule has 0 bridgehead atoms. The average Bonchev–Trinajstić information content (AvgIpc) is 3.38. The molecule has 0 radical (unpaired) electrons. The van der Waals surface area contributed by atoms with Gasteiger partial charge in [0.1, 0.15) is 6.04 Å². The molecule has 9 heteroatoms. The van der Waals surface area contributed by atoms with Crippen LogP contribution in [0.3, 0.4) is 0 Å². The van der Waals surface area contributed by atoms with Gasteiger partial charge in [-0.25, -0.2) is 4.68 Å². The third-order valence-electron chi connectivity index (χ3n) is 4.57. The minimum absolute atomic E-state index is 0.166. The van der Waals surface area contributed by atoms with Gasteiger partial charge in [0.15, 0.2) is 17.3 Å². The summed E-state index contributed by atoms with van der Waals surface area (Å²) in [5, 5.41) is 7.64. The van der Waals surface area contributed by atoms with E-state index >= 15 is 0 Å². The molecular formula is C18H15N5O4. The van der Waals surface area contributed by atoms with Crippen LogP contribution in [0.5, 0.6) is 11.5 Å². The summed E-state index contributed by atoms with van der Waals surface area (Å²) in [4.78, 5) is 16.7. The summed E-state index contributed by atoms with van der Waals surface area (Å²) in [6.45, 7) is 1.95. The van der Waals surface area contributed by atoms with Crippen LogP contribution < -0.4 is 20.5 Å². The molecule has 0 saturated carbocycles. The second-order valence-electron chi connectivity index (χ2n) is 6.22. The minimum atomic E-state index is -0.551. The molecule has 0 saturated heterocycles. The maximum absolute atomic E-state index is 12.2. The van der Waals surface area contributed by atoms with Crippen molar-refractivity contribution in [1.82, 2.24) is 14.8 Å². The fourth-order valence-electron chi connectivity index (χ4n) is 3.37. The Morgan fingerprint density at radius 1 is 1.30 bits per heavy atom. The Morgan fingerprint density at radius 2 is 2.15 bits per heavy atom. The second-order valence-corrected chi connectivity index (χ2v) is 6.22. The molecule has 5 rings (SSSR count). The highest BCUT2D eigenvalue weighted by Crippen LogP contribution is 2.40. The van der Waals surface area contributed by atoms with E-state index in [1.165, 1.54) is 0 Å². The molecule has 1 aromatic carbocycles. The lowest BCUT2D eigenvalue weighted by Crippen LogP contribution is -2.31. The van der Waals surface area contributed by atoms with E-state index in [-0.39, 0.29) is 6.79 Å². The molecule has 0 spiro atoms. The number of nitrogens with two attached hydrogens (primary N) is 1. The number of fused-ring (bicyclic) bond motifs is 2. The zero-order valence-corrected chi connectivity index (χ0v) is 14.3. The SMILES string of the molecule is CC1=C(C(N)=O)C(c2ccc3c(c2)OCO3)n2nc(-c3ccco3)nc2N1. The summed E-state index contributed by atoms with van der Waals surface area (Å²) in [5.74, 6) is 2.16. The van der Waals surface area contributed by atoms with Crippen LogP contribution in [-0.2, 0) is 4.79 Å². The van der Waals surface area contributed by atoms with Crippen LogP contribution >= 0.6 is 0 Å². The molecule has 3 N–H and O–H groups in total. The van der Waals surface area contributed by atoms with Gasteiger partial charge < -0.3 is 24.9 Å². The monoisotopic (exact) mass is 365 g/mol. The molecule has 136 valence electrons. The molecule has 2 aliphatic rings. The van der Waals surface area contributed by atoms with E-state index < -0.39 is 11.9 Å². The van der Waals surface area contributed by atoms with Crippen molar-refractivity contribution in [3.05, 3.63) is 53.4 Å². The number of rotatable bonds is 3. The average molecular weight is 365 g/mol. The molecule has 1 unspecified atom stereocenters. The first kappa shape index (κ1) is 15.5. The first-order valence-electron chi connectivity index (χ1n) is 8.29. The van der Waals surface area contributed by atoms with Crippen molar-refractivity contribution in [3.8, 4) is 23.1 Å². The molecule has 3 aromatic rings. The Balaban J connectivity index is 1.68. The van der Waals surface area contributed by atoms with Crippen LogP contribution in [-0.4, -0.2) is 27.5 Å². The Kier molecular flexibility index (Phi) is 3.23. The zero-order chi connectivity index (χ0) is 18.5. The number of benzene rings is 1. The molecule has 1 amide bonds. The topological polar surface area (TPSA) is 117 Å². The predicted octanol–water partition coefficient (Wildman–Crippen LogP) is 2.04. The van der Waals surface area contributed by atoms with E-state index in [4.69, 9.17) is 19.6 Å². The lowest BCUT2D eigenvalue weighted by Gasteiger charge is -2.27. The van der Waals surface area contributed by atoms with Crippen molar-refractivity contribution in [2.45, 2.75) is 13.0 Å². The Labute approximate surface area is 153 Å². The number of amides is 1. The highest BCUT2D eigenvalue weighted by molar-refractivity contribution is 5.95. The summed E-state index contributed by atoms with van der Waals surface area (Å²) in [5.41, 5.74) is 7.49. The van der Waals surface area contributed by atoms with Crippen LogP contribution in [0.2, 0.25) is 0 Å². The van der Waals surface area contributed by atoms with Crippen molar-refractivity contribution >= 4 is 11.9 Å². The van der Waals surface area contributed by atoms with Gasteiger partial charge in [0.05, 0.1) is 11.8 Å². The molecule has 4 heterocycles. The Hall–Kier alpha value is -3.75. The molecule has 0 fully saturated rings. The highest BCUT2D eigenvalue weighted by atomic mass is 16.7. The van der Waals surface area contributed by atoms with Gasteiger partial charge in [-0.15, -0.1) is 5.10 Å². The number of aromatic nitrogens is 3. The smallest absolute Gasteiger partial charge is 0.248 e. The Morgan fingerprint density at radius 3 is 2.93 bits per heavy atom. The van der Waals surface area contributed by atoms with Crippen LogP contribution in [0.4, 0.5) is 5.95 Å². The van der Waals surface area contributed by atoms with E-state index in [1.54, 1.807) is 36.1 Å². The van der Waals surface area contributed by atoms with E-state index in [0.29, 0.717) is 40.3 Å². The number of carbonyl (C=O) groups is 1. The van der Waals surface area contributed by atoms with Crippen LogP contribution in [0.1, 0.15) is 18.5 Å². The minimum Gasteiger partial charge on any atom is -0.461 e. The number of hydrogen-bond donors (Lipinski definition) is 2. The number of primary amides is 1. The van der Waals surface area contributed by atoms with Gasteiger partial charge in [-0.05, 0) is 36.8 Å². The number of furan rings is 1. The molecule has 2 aromatic heterocycles. The van der Waals surface area contributed by atoms with Crippen molar-refractivity contribution in [1.29, 1.82) is 0 Å². The van der Waals surface area contributed by atoms with Crippen LogP contribution in [0.15, 0.2) is 52.3 Å². The van der Waals surface area contributed by atoms with Crippen molar-refractivity contribution < 1.29 is 18.7 Å². The van der Waals surface area contributed by atoms with Gasteiger partial charge >= 0.3 is 0 Å². The number of nitrogens with zero attached hydrogens (tertiary/aromatic N) is 3. The van der Waals surface area contributed by atoms with Gasteiger partial charge in [-0.1, -0.05) is 6.07 Å². The maximum atomic E-state index is 12.2. The molecule has 0 aliphatic carbocycles. The normalized spacial score (nSPS) is 17.6. The van der Waals surface area contributed by atoms with Crippen LogP contribution in [0, 0.1) is 0 Å². The summed E-state index contributed by atoms with van der Waals surface area (Å²) in [6.07, 6.45) is 1.55. The molecule has 9 nitrogen and oxygen atoms in total. The number of nitrogens with one attached hydrogen (secondary N) is 1. The van der Waals surface area contributed by atoms with Crippen LogP contribution in [0.25, 0.3) is 11.6 Å². The van der Waals surface area contributed by atoms with Crippen molar-refractivity contribution in [3.63, 3.8) is 0 Å². The van der Waals surface area contributed by atoms with Gasteiger partial charge in [0, 0.05) is 5.70 Å². The summed E-state index contributed by atoms with van der Waals surface area (Å²) < 4.78 is 17.9. The van der Waals surface area contributed by atoms with Gasteiger partial charge in [0.25, 0.3) is 0 Å². The third-order valence-corrected chi connectivity index (χ3v) is 4.57. The Bertz CT molecular complexity index is 1080. The number of carbonyl (C=O) groups excluding carboxylic acids is 1. The van der Waals surface area contributed by atoms with Gasteiger partial charge in [-0.2, -0.15) is 4.98 Å². The molecule has 2 aliphatic heterocycles. The molecule has 27 heavy (non-hydrogen) atoms. The largest absolute Gasteiger partial charge is 0.461 e. The van der Waals surface area contributed by atoms with Crippen molar-refractivity contribution in [2.75, 3.05) is 12.1 Å². The lowest BCUT2D eigenvalue weighted by atomic mass is 9.95. The lowest BCUT2D eigenvalue weighted by molar-refractivity contribution is -0.115. The van der Waals surface area contributed by atoms with E-state index in [2.05, 4.69) is 15.4 Å². The quantitative estimate of drug-likeness (QED) is 0.729. The number of allylic oxidation sites excluding steroid dienone is 1. The summed E-state index contributed by atoms with van der Waals surface area (Å²) in [7, 11) is 0. The molecular weight excluding hydrogens is 350 g/mol. The standard InChI is InChI=1S/C18H15N5O4/c1-9-14(16(19)24)15(10-4-5-11-13(7-10)27-8-26-11)23-18(20-9)21-17(22-23)12-3-2-6-25-12/h2-7,15H,8H2,1H3,(H2,19,24)(H,20,21,22). The summed E-state index contributed by atoms with van der Waals surface area (Å²) >= 11 is 0. The van der Waals surface area contributed by atoms with E-state index in [0.717, 1.165) is 5.56 Å². The zero-order valence-electron chi connectivity index (χ0n) is 14.3. The number of anilines is 1. The van der Waals surface area contributed by atoms with Crippen molar-refractivity contribution in [2.24, 2.45) is 5.73 Å². The maximum Gasteiger partial charge on any atom is 0.248 e.